The Morgan fingerprint density at radius 1 is 1.08 bits per heavy atom. The van der Waals surface area contributed by atoms with Crippen molar-refractivity contribution in [2.24, 2.45) is 10.9 Å². The molecule has 6 heteroatoms. The zero-order valence-corrected chi connectivity index (χ0v) is 17.1. The van der Waals surface area contributed by atoms with Gasteiger partial charge < -0.3 is 24.8 Å². The first-order valence-corrected chi connectivity index (χ1v) is 9.37. The molecule has 0 saturated carbocycles. The molecule has 0 bridgehead atoms. The van der Waals surface area contributed by atoms with Crippen LogP contribution in [0.3, 0.4) is 0 Å². The molecule has 0 aliphatic carbocycles. The third-order valence-corrected chi connectivity index (χ3v) is 3.99. The third-order valence-electron chi connectivity index (χ3n) is 3.99. The summed E-state index contributed by atoms with van der Waals surface area (Å²) in [4.78, 5) is 4.28. The number of rotatable bonds is 11. The van der Waals surface area contributed by atoms with Crippen molar-refractivity contribution in [1.29, 1.82) is 0 Å². The van der Waals surface area contributed by atoms with Crippen molar-refractivity contribution in [1.82, 2.24) is 10.6 Å². The highest BCUT2D eigenvalue weighted by molar-refractivity contribution is 5.79. The van der Waals surface area contributed by atoms with Crippen LogP contribution in [-0.4, -0.2) is 40.4 Å². The summed E-state index contributed by atoms with van der Waals surface area (Å²) in [7, 11) is 5.04. The number of guanidine groups is 1. The van der Waals surface area contributed by atoms with E-state index in [4.69, 9.17) is 14.2 Å². The van der Waals surface area contributed by atoms with E-state index in [0.717, 1.165) is 30.4 Å². The minimum Gasteiger partial charge on any atom is -0.493 e. The summed E-state index contributed by atoms with van der Waals surface area (Å²) in [6.45, 7) is 8.54. The van der Waals surface area contributed by atoms with Gasteiger partial charge >= 0.3 is 0 Å². The van der Waals surface area contributed by atoms with Crippen LogP contribution in [0.2, 0.25) is 0 Å². The molecule has 26 heavy (non-hydrogen) atoms. The molecule has 0 fully saturated rings. The van der Waals surface area contributed by atoms with E-state index in [0.29, 0.717) is 30.4 Å². The lowest BCUT2D eigenvalue weighted by Gasteiger charge is -2.16. The summed E-state index contributed by atoms with van der Waals surface area (Å²) in [5.41, 5.74) is 1.03. The summed E-state index contributed by atoms with van der Waals surface area (Å²) in [5, 5.41) is 6.68. The van der Waals surface area contributed by atoms with Crippen LogP contribution in [0.1, 0.15) is 45.6 Å². The van der Waals surface area contributed by atoms with Gasteiger partial charge in [0.05, 0.1) is 20.8 Å². The van der Waals surface area contributed by atoms with Crippen molar-refractivity contribution in [3.05, 3.63) is 17.7 Å². The predicted octanol–water partition coefficient (Wildman–Crippen LogP) is 3.59. The first kappa shape index (κ1) is 21.9. The second-order valence-corrected chi connectivity index (χ2v) is 6.50. The number of methoxy groups -OCH3 is 2. The maximum atomic E-state index is 5.64. The van der Waals surface area contributed by atoms with E-state index in [9.17, 15) is 0 Å². The molecule has 0 radical (unpaired) electrons. The van der Waals surface area contributed by atoms with Gasteiger partial charge in [0.15, 0.2) is 17.5 Å². The fraction of sp³-hybridized carbons (Fsp3) is 0.650. The molecular weight excluding hydrogens is 330 g/mol. The lowest BCUT2D eigenvalue weighted by molar-refractivity contribution is 0.288. The standard InChI is InChI=1S/C20H35N3O3/c1-7-26-19-17(24-5)12-16(13-18(19)25-6)14-23-20(21-4)22-11-9-8-10-15(2)3/h12-13,15H,7-11,14H2,1-6H3,(H2,21,22,23). The summed E-state index contributed by atoms with van der Waals surface area (Å²) in [6, 6.07) is 3.91. The van der Waals surface area contributed by atoms with Crippen molar-refractivity contribution in [3.63, 3.8) is 0 Å². The van der Waals surface area contributed by atoms with Crippen molar-refractivity contribution in [2.75, 3.05) is 34.4 Å². The number of benzene rings is 1. The minimum atomic E-state index is 0.553. The lowest BCUT2D eigenvalue weighted by atomic mass is 10.1. The molecule has 0 saturated heterocycles. The normalized spacial score (nSPS) is 11.4. The molecule has 6 nitrogen and oxygen atoms in total. The molecule has 0 unspecified atom stereocenters. The van der Waals surface area contributed by atoms with Crippen LogP contribution in [0, 0.1) is 5.92 Å². The molecule has 1 aromatic carbocycles. The third kappa shape index (κ3) is 7.42. The Balaban J connectivity index is 2.61. The van der Waals surface area contributed by atoms with Crippen molar-refractivity contribution in [3.8, 4) is 17.2 Å². The van der Waals surface area contributed by atoms with E-state index in [1.807, 2.05) is 19.1 Å². The topological polar surface area (TPSA) is 64.1 Å². The highest BCUT2D eigenvalue weighted by Gasteiger charge is 2.14. The molecular formula is C20H35N3O3. The van der Waals surface area contributed by atoms with E-state index in [1.54, 1.807) is 21.3 Å². The quantitative estimate of drug-likeness (QED) is 0.356. The van der Waals surface area contributed by atoms with Gasteiger partial charge in [0, 0.05) is 20.1 Å². The van der Waals surface area contributed by atoms with Crippen LogP contribution in [0.4, 0.5) is 0 Å². The van der Waals surface area contributed by atoms with Gasteiger partial charge in [-0.25, -0.2) is 0 Å². The Hall–Kier alpha value is -2.11. The Bertz CT molecular complexity index is 534. The Kier molecular flexibility index (Phi) is 10.4. The zero-order chi connectivity index (χ0) is 19.4. The monoisotopic (exact) mass is 365 g/mol. The summed E-state index contributed by atoms with van der Waals surface area (Å²) < 4.78 is 16.5. The second kappa shape index (κ2) is 12.3. The van der Waals surface area contributed by atoms with E-state index in [1.165, 1.54) is 12.8 Å². The minimum absolute atomic E-state index is 0.553. The summed E-state index contributed by atoms with van der Waals surface area (Å²) in [5.74, 6) is 3.52. The van der Waals surface area contributed by atoms with Crippen LogP contribution in [-0.2, 0) is 6.54 Å². The molecule has 148 valence electrons. The van der Waals surface area contributed by atoms with Crippen LogP contribution >= 0.6 is 0 Å². The number of nitrogens with one attached hydrogen (secondary N) is 2. The predicted molar refractivity (Wildman–Crippen MR) is 108 cm³/mol. The number of hydrogen-bond acceptors (Lipinski definition) is 4. The fourth-order valence-corrected chi connectivity index (χ4v) is 2.61. The van der Waals surface area contributed by atoms with Gasteiger partial charge in [-0.1, -0.05) is 26.7 Å². The van der Waals surface area contributed by atoms with Crippen LogP contribution in [0.25, 0.3) is 0 Å². The average molecular weight is 366 g/mol. The van der Waals surface area contributed by atoms with Crippen molar-refractivity contribution in [2.45, 2.75) is 46.6 Å². The van der Waals surface area contributed by atoms with Gasteiger partial charge in [0.25, 0.3) is 0 Å². The van der Waals surface area contributed by atoms with Crippen LogP contribution in [0.5, 0.6) is 17.2 Å². The first-order valence-electron chi connectivity index (χ1n) is 9.37. The van der Waals surface area contributed by atoms with Crippen molar-refractivity contribution < 1.29 is 14.2 Å². The number of nitrogens with zero attached hydrogens (tertiary/aromatic N) is 1. The van der Waals surface area contributed by atoms with Gasteiger partial charge in [-0.3, -0.25) is 4.99 Å². The van der Waals surface area contributed by atoms with Crippen molar-refractivity contribution >= 4 is 5.96 Å². The van der Waals surface area contributed by atoms with Crippen LogP contribution in [0.15, 0.2) is 17.1 Å². The van der Waals surface area contributed by atoms with Gasteiger partial charge in [-0.2, -0.15) is 0 Å². The van der Waals surface area contributed by atoms with E-state index < -0.39 is 0 Å². The molecule has 2 N–H and O–H groups in total. The molecule has 1 rings (SSSR count). The summed E-state index contributed by atoms with van der Waals surface area (Å²) in [6.07, 6.45) is 3.64. The number of aliphatic imine (C=N–C) groups is 1. The maximum Gasteiger partial charge on any atom is 0.203 e. The number of unbranched alkanes of at least 4 members (excludes halogenated alkanes) is 1. The molecule has 0 aromatic heterocycles. The molecule has 0 aliphatic heterocycles. The SMILES string of the molecule is CCOc1c(OC)cc(CNC(=NC)NCCCCC(C)C)cc1OC. The number of hydrogen-bond donors (Lipinski definition) is 2. The van der Waals surface area contributed by atoms with E-state index in [2.05, 4.69) is 29.5 Å². The highest BCUT2D eigenvalue weighted by atomic mass is 16.5. The largest absolute Gasteiger partial charge is 0.493 e. The first-order chi connectivity index (χ1) is 12.5. The Labute approximate surface area is 158 Å². The molecule has 0 aliphatic rings. The zero-order valence-electron chi connectivity index (χ0n) is 17.1. The molecule has 0 heterocycles. The highest BCUT2D eigenvalue weighted by Crippen LogP contribution is 2.38. The smallest absolute Gasteiger partial charge is 0.203 e. The molecule has 0 spiro atoms. The summed E-state index contributed by atoms with van der Waals surface area (Å²) >= 11 is 0. The van der Waals surface area contributed by atoms with E-state index in [-0.39, 0.29) is 0 Å². The fourth-order valence-electron chi connectivity index (χ4n) is 2.61. The molecule has 1 aromatic rings. The Morgan fingerprint density at radius 3 is 2.23 bits per heavy atom. The average Bonchev–Trinajstić information content (AvgIpc) is 2.64. The number of ether oxygens (including phenoxy) is 3. The second-order valence-electron chi connectivity index (χ2n) is 6.50. The Morgan fingerprint density at radius 2 is 1.73 bits per heavy atom. The van der Waals surface area contributed by atoms with Gasteiger partial charge in [-0.15, -0.1) is 0 Å². The molecule has 0 atom stereocenters. The van der Waals surface area contributed by atoms with Gasteiger partial charge in [-0.05, 0) is 37.0 Å². The van der Waals surface area contributed by atoms with Gasteiger partial charge in [0.1, 0.15) is 0 Å². The van der Waals surface area contributed by atoms with E-state index >= 15 is 0 Å². The van der Waals surface area contributed by atoms with Gasteiger partial charge in [0.2, 0.25) is 5.75 Å². The lowest BCUT2D eigenvalue weighted by Crippen LogP contribution is -2.37. The van der Waals surface area contributed by atoms with Crippen LogP contribution < -0.4 is 24.8 Å². The molecule has 0 amide bonds. The maximum absolute atomic E-state index is 5.64.